The van der Waals surface area contributed by atoms with Gasteiger partial charge >= 0.3 is 0 Å². The van der Waals surface area contributed by atoms with Crippen LogP contribution in [0.4, 0.5) is 4.39 Å². The molecule has 1 fully saturated rings. The number of hydrogen-bond donors (Lipinski definition) is 2. The van der Waals surface area contributed by atoms with Crippen LogP contribution in [0.3, 0.4) is 0 Å². The number of piperazine rings is 1. The maximum Gasteiger partial charge on any atom is 0.241 e. The quantitative estimate of drug-likeness (QED) is 0.722. The van der Waals surface area contributed by atoms with Gasteiger partial charge in [-0.05, 0) is 24.6 Å². The maximum absolute atomic E-state index is 13.0. The summed E-state index contributed by atoms with van der Waals surface area (Å²) in [6.45, 7) is 2.62. The van der Waals surface area contributed by atoms with E-state index < -0.39 is 6.04 Å². The predicted octanol–water partition coefficient (Wildman–Crippen LogP) is 0.975. The van der Waals surface area contributed by atoms with Crippen LogP contribution in [0.25, 0.3) is 0 Å². The molecule has 3 nitrogen and oxygen atoms in total. The average molecular weight is 208 g/mol. The van der Waals surface area contributed by atoms with Crippen LogP contribution in [0.15, 0.2) is 24.3 Å². The molecule has 80 valence electrons. The van der Waals surface area contributed by atoms with Crippen LogP contribution >= 0.6 is 0 Å². The number of carbonyl (C=O) groups is 1. The van der Waals surface area contributed by atoms with Crippen LogP contribution in [0.2, 0.25) is 0 Å². The lowest BCUT2D eigenvalue weighted by Crippen LogP contribution is -2.52. The molecule has 0 radical (unpaired) electrons. The molecule has 2 unspecified atom stereocenters. The fourth-order valence-electron chi connectivity index (χ4n) is 1.72. The van der Waals surface area contributed by atoms with Gasteiger partial charge < -0.3 is 10.6 Å². The van der Waals surface area contributed by atoms with E-state index in [0.717, 1.165) is 0 Å². The van der Waals surface area contributed by atoms with Crippen molar-refractivity contribution < 1.29 is 9.18 Å². The normalized spacial score (nSPS) is 26.1. The van der Waals surface area contributed by atoms with Gasteiger partial charge in [-0.15, -0.1) is 0 Å². The highest BCUT2D eigenvalue weighted by molar-refractivity contribution is 5.84. The molecule has 1 heterocycles. The monoisotopic (exact) mass is 208 g/mol. The Bertz CT molecular complexity index is 381. The van der Waals surface area contributed by atoms with Crippen molar-refractivity contribution in [2.75, 3.05) is 6.54 Å². The predicted molar refractivity (Wildman–Crippen MR) is 54.7 cm³/mol. The van der Waals surface area contributed by atoms with Crippen molar-refractivity contribution in [2.45, 2.75) is 19.0 Å². The molecule has 1 aliphatic heterocycles. The van der Waals surface area contributed by atoms with Crippen molar-refractivity contribution in [3.05, 3.63) is 35.6 Å². The SMILES string of the molecule is CC1CNC(c2cccc(F)c2)C(=O)N1. The standard InChI is InChI=1S/C11H13FN2O/c1-7-6-13-10(11(15)14-7)8-3-2-4-9(12)5-8/h2-5,7,10,13H,6H2,1H3,(H,14,15). The van der Waals surface area contributed by atoms with E-state index in [1.807, 2.05) is 6.92 Å². The van der Waals surface area contributed by atoms with Gasteiger partial charge in [0.05, 0.1) is 0 Å². The lowest BCUT2D eigenvalue weighted by molar-refractivity contribution is -0.125. The maximum atomic E-state index is 13.0. The van der Waals surface area contributed by atoms with Gasteiger partial charge in [-0.1, -0.05) is 12.1 Å². The first kappa shape index (κ1) is 10.1. The Morgan fingerprint density at radius 3 is 2.93 bits per heavy atom. The number of nitrogens with one attached hydrogen (secondary N) is 2. The number of carbonyl (C=O) groups excluding carboxylic acids is 1. The summed E-state index contributed by atoms with van der Waals surface area (Å²) in [5.74, 6) is -0.417. The molecule has 1 aliphatic rings. The van der Waals surface area contributed by atoms with Gasteiger partial charge in [0.2, 0.25) is 5.91 Å². The molecule has 2 rings (SSSR count). The molecule has 1 aromatic rings. The van der Waals surface area contributed by atoms with E-state index in [-0.39, 0.29) is 17.8 Å². The van der Waals surface area contributed by atoms with E-state index in [0.29, 0.717) is 12.1 Å². The first-order valence-corrected chi connectivity index (χ1v) is 4.96. The fourth-order valence-corrected chi connectivity index (χ4v) is 1.72. The van der Waals surface area contributed by atoms with Gasteiger partial charge in [-0.2, -0.15) is 0 Å². The number of amides is 1. The van der Waals surface area contributed by atoms with E-state index in [4.69, 9.17) is 0 Å². The molecule has 15 heavy (non-hydrogen) atoms. The second kappa shape index (κ2) is 3.98. The third-order valence-corrected chi connectivity index (χ3v) is 2.46. The number of hydrogen-bond acceptors (Lipinski definition) is 2. The van der Waals surface area contributed by atoms with Crippen molar-refractivity contribution >= 4 is 5.91 Å². The Morgan fingerprint density at radius 2 is 2.27 bits per heavy atom. The Balaban J connectivity index is 2.20. The number of benzene rings is 1. The topological polar surface area (TPSA) is 41.1 Å². The van der Waals surface area contributed by atoms with E-state index >= 15 is 0 Å². The first-order valence-electron chi connectivity index (χ1n) is 4.96. The highest BCUT2D eigenvalue weighted by atomic mass is 19.1. The minimum Gasteiger partial charge on any atom is -0.351 e. The van der Waals surface area contributed by atoms with Gasteiger partial charge in [-0.3, -0.25) is 4.79 Å². The minimum absolute atomic E-state index is 0.0978. The first-order chi connectivity index (χ1) is 7.16. The molecular weight excluding hydrogens is 195 g/mol. The second-order valence-electron chi connectivity index (χ2n) is 3.81. The molecule has 2 atom stereocenters. The van der Waals surface area contributed by atoms with E-state index in [1.165, 1.54) is 12.1 Å². The highest BCUT2D eigenvalue weighted by Crippen LogP contribution is 2.16. The van der Waals surface area contributed by atoms with Crippen molar-refractivity contribution in [3.63, 3.8) is 0 Å². The van der Waals surface area contributed by atoms with Gasteiger partial charge in [0.1, 0.15) is 11.9 Å². The summed E-state index contributed by atoms with van der Waals surface area (Å²) in [5, 5.41) is 5.91. The molecule has 1 aromatic carbocycles. The zero-order chi connectivity index (χ0) is 10.8. The summed E-state index contributed by atoms with van der Waals surface area (Å²) in [6, 6.07) is 5.80. The lowest BCUT2D eigenvalue weighted by Gasteiger charge is -2.28. The van der Waals surface area contributed by atoms with E-state index in [2.05, 4.69) is 10.6 Å². The second-order valence-corrected chi connectivity index (χ2v) is 3.81. The lowest BCUT2D eigenvalue weighted by atomic mass is 10.0. The molecule has 2 N–H and O–H groups in total. The Labute approximate surface area is 87.7 Å². The average Bonchev–Trinajstić information content (AvgIpc) is 2.17. The molecular formula is C11H13FN2O. The molecule has 4 heteroatoms. The summed E-state index contributed by atoms with van der Waals surface area (Å²) in [4.78, 5) is 11.6. The molecule has 0 aromatic heterocycles. The van der Waals surface area contributed by atoms with Crippen LogP contribution in [0, 0.1) is 5.82 Å². The van der Waals surface area contributed by atoms with Crippen LogP contribution in [0.1, 0.15) is 18.5 Å². The van der Waals surface area contributed by atoms with Crippen LogP contribution in [-0.2, 0) is 4.79 Å². The zero-order valence-electron chi connectivity index (χ0n) is 8.46. The zero-order valence-corrected chi connectivity index (χ0v) is 8.46. The van der Waals surface area contributed by atoms with Crippen molar-refractivity contribution in [1.82, 2.24) is 10.6 Å². The van der Waals surface area contributed by atoms with Crippen molar-refractivity contribution in [3.8, 4) is 0 Å². The summed E-state index contributed by atoms with van der Waals surface area (Å²) < 4.78 is 13.0. The highest BCUT2D eigenvalue weighted by Gasteiger charge is 2.26. The molecule has 1 amide bonds. The van der Waals surface area contributed by atoms with Gasteiger partial charge in [-0.25, -0.2) is 4.39 Å². The van der Waals surface area contributed by atoms with Gasteiger partial charge in [0.25, 0.3) is 0 Å². The third kappa shape index (κ3) is 2.15. The Hall–Kier alpha value is -1.42. The summed E-state index contributed by atoms with van der Waals surface area (Å²) >= 11 is 0. The van der Waals surface area contributed by atoms with Crippen LogP contribution < -0.4 is 10.6 Å². The fraction of sp³-hybridized carbons (Fsp3) is 0.364. The van der Waals surface area contributed by atoms with Crippen LogP contribution in [-0.4, -0.2) is 18.5 Å². The third-order valence-electron chi connectivity index (χ3n) is 2.46. The Kier molecular flexibility index (Phi) is 2.68. The summed E-state index contributed by atoms with van der Waals surface area (Å²) in [6.07, 6.45) is 0. The number of halogens is 1. The number of rotatable bonds is 1. The molecule has 0 spiro atoms. The molecule has 0 aliphatic carbocycles. The summed E-state index contributed by atoms with van der Waals surface area (Å²) in [5.41, 5.74) is 0.666. The van der Waals surface area contributed by atoms with Crippen molar-refractivity contribution in [2.24, 2.45) is 0 Å². The smallest absolute Gasteiger partial charge is 0.241 e. The van der Waals surface area contributed by atoms with E-state index in [9.17, 15) is 9.18 Å². The van der Waals surface area contributed by atoms with Crippen LogP contribution in [0.5, 0.6) is 0 Å². The van der Waals surface area contributed by atoms with E-state index in [1.54, 1.807) is 12.1 Å². The largest absolute Gasteiger partial charge is 0.351 e. The van der Waals surface area contributed by atoms with Gasteiger partial charge in [0, 0.05) is 12.6 Å². The van der Waals surface area contributed by atoms with Crippen molar-refractivity contribution in [1.29, 1.82) is 0 Å². The Morgan fingerprint density at radius 1 is 1.47 bits per heavy atom. The van der Waals surface area contributed by atoms with Gasteiger partial charge in [0.15, 0.2) is 0 Å². The minimum atomic E-state index is -0.433. The molecule has 1 saturated heterocycles. The summed E-state index contributed by atoms with van der Waals surface area (Å²) in [7, 11) is 0. The molecule has 0 bridgehead atoms. The molecule has 0 saturated carbocycles.